The average Bonchev–Trinajstić information content (AvgIpc) is 3.12. The van der Waals surface area contributed by atoms with Crippen LogP contribution in [0.2, 0.25) is 0 Å². The number of hydrogen-bond acceptors (Lipinski definition) is 3. The van der Waals surface area contributed by atoms with Gasteiger partial charge in [-0.1, -0.05) is 18.3 Å². The van der Waals surface area contributed by atoms with E-state index in [0.29, 0.717) is 4.90 Å². The molecule has 1 unspecified atom stereocenters. The molecule has 0 spiro atoms. The number of nitrogens with two attached hydrogens (primary N) is 1. The van der Waals surface area contributed by atoms with Crippen molar-refractivity contribution in [1.29, 1.82) is 0 Å². The van der Waals surface area contributed by atoms with Crippen LogP contribution in [0.15, 0.2) is 23.1 Å². The predicted octanol–water partition coefficient (Wildman–Crippen LogP) is 1.52. The number of nitrogens with one attached hydrogen (secondary N) is 1. The van der Waals surface area contributed by atoms with Gasteiger partial charge in [0.15, 0.2) is 0 Å². The molecule has 2 aliphatic rings. The molecule has 1 aromatic carbocycles. The second kappa shape index (κ2) is 5.09. The zero-order chi connectivity index (χ0) is 14.3. The second-order valence-corrected chi connectivity index (χ2v) is 7.81. The van der Waals surface area contributed by atoms with Crippen LogP contribution in [0.25, 0.3) is 0 Å². The normalized spacial score (nSPS) is 19.6. The first-order valence-corrected chi connectivity index (χ1v) is 8.80. The molecule has 0 amide bonds. The Labute approximate surface area is 124 Å². The highest BCUT2D eigenvalue weighted by atomic mass is 32.2. The molecule has 4 nitrogen and oxygen atoms in total. The first-order valence-electron chi connectivity index (χ1n) is 6.91. The van der Waals surface area contributed by atoms with Crippen molar-refractivity contribution in [3.8, 4) is 0 Å². The van der Waals surface area contributed by atoms with Crippen molar-refractivity contribution < 1.29 is 8.42 Å². The highest BCUT2D eigenvalue weighted by Gasteiger charge is 2.36. The molecule has 0 bridgehead atoms. The summed E-state index contributed by atoms with van der Waals surface area (Å²) in [6.07, 6.45) is 5.06. The summed E-state index contributed by atoms with van der Waals surface area (Å²) in [6.45, 7) is 0. The Morgan fingerprint density at radius 2 is 2.00 bits per heavy atom. The van der Waals surface area contributed by atoms with Gasteiger partial charge in [-0.2, -0.15) is 0 Å². The minimum Gasteiger partial charge on any atom is -0.392 e. The molecule has 1 aromatic rings. The van der Waals surface area contributed by atoms with Crippen molar-refractivity contribution in [2.24, 2.45) is 11.7 Å². The van der Waals surface area contributed by atoms with E-state index in [4.69, 9.17) is 18.0 Å². The number of aryl methyl sites for hydroxylation is 2. The number of benzene rings is 1. The fourth-order valence-corrected chi connectivity index (χ4v) is 4.43. The van der Waals surface area contributed by atoms with E-state index in [-0.39, 0.29) is 10.9 Å². The van der Waals surface area contributed by atoms with E-state index >= 15 is 0 Å². The number of thiocarbonyl (C=S) groups is 1. The van der Waals surface area contributed by atoms with Gasteiger partial charge in [-0.15, -0.1) is 0 Å². The molecule has 20 heavy (non-hydrogen) atoms. The topological polar surface area (TPSA) is 72.2 Å². The van der Waals surface area contributed by atoms with Gasteiger partial charge in [-0.3, -0.25) is 0 Å². The van der Waals surface area contributed by atoms with Crippen molar-refractivity contribution in [3.05, 3.63) is 29.3 Å². The molecule has 0 aromatic heterocycles. The van der Waals surface area contributed by atoms with Gasteiger partial charge >= 0.3 is 0 Å². The summed E-state index contributed by atoms with van der Waals surface area (Å²) in [5.74, 6) is 0.261. The highest BCUT2D eigenvalue weighted by Crippen LogP contribution is 2.33. The van der Waals surface area contributed by atoms with Crippen molar-refractivity contribution in [1.82, 2.24) is 4.72 Å². The van der Waals surface area contributed by atoms with Crippen LogP contribution in [0, 0.1) is 5.92 Å². The van der Waals surface area contributed by atoms with Gasteiger partial charge in [-0.05, 0) is 61.3 Å². The summed E-state index contributed by atoms with van der Waals surface area (Å²) in [5.41, 5.74) is 8.06. The van der Waals surface area contributed by atoms with Crippen molar-refractivity contribution in [3.63, 3.8) is 0 Å². The summed E-state index contributed by atoms with van der Waals surface area (Å²) in [4.78, 5) is 0.553. The van der Waals surface area contributed by atoms with Crippen LogP contribution in [-0.4, -0.2) is 19.4 Å². The Bertz CT molecular complexity index is 651. The lowest BCUT2D eigenvalue weighted by molar-refractivity contribution is 0.565. The van der Waals surface area contributed by atoms with Gasteiger partial charge in [-0.25, -0.2) is 13.1 Å². The Hall–Kier alpha value is -0.980. The third-order valence-corrected chi connectivity index (χ3v) is 5.76. The molecule has 1 atom stereocenters. The fourth-order valence-electron chi connectivity index (χ4n) is 2.77. The zero-order valence-corrected chi connectivity index (χ0v) is 12.8. The maximum Gasteiger partial charge on any atom is 0.241 e. The van der Waals surface area contributed by atoms with Crippen LogP contribution >= 0.6 is 12.2 Å². The van der Waals surface area contributed by atoms with Crippen LogP contribution < -0.4 is 10.5 Å². The van der Waals surface area contributed by atoms with Gasteiger partial charge in [0.1, 0.15) is 0 Å². The third-order valence-electron chi connectivity index (χ3n) is 4.06. The summed E-state index contributed by atoms with van der Waals surface area (Å²) in [5, 5.41) is 0. The summed E-state index contributed by atoms with van der Waals surface area (Å²) < 4.78 is 27.6. The lowest BCUT2D eigenvalue weighted by Gasteiger charge is -2.17. The molecule has 3 rings (SSSR count). The zero-order valence-electron chi connectivity index (χ0n) is 11.1. The minimum absolute atomic E-state index is 0.234. The fraction of sp³-hybridized carbons (Fsp3) is 0.500. The number of fused-ring (bicyclic) bond motifs is 1. The van der Waals surface area contributed by atoms with E-state index in [9.17, 15) is 8.42 Å². The molecule has 108 valence electrons. The Morgan fingerprint density at radius 1 is 1.30 bits per heavy atom. The first-order chi connectivity index (χ1) is 9.47. The smallest absolute Gasteiger partial charge is 0.241 e. The maximum absolute atomic E-state index is 12.5. The van der Waals surface area contributed by atoms with Crippen LogP contribution in [0.4, 0.5) is 0 Å². The maximum atomic E-state index is 12.5. The standard InChI is InChI=1S/C14H18N2O2S2/c15-14(19)13(10-4-5-10)16-20(17,18)12-7-6-9-2-1-3-11(9)8-12/h6-8,10,13,16H,1-5H2,(H2,15,19). The van der Waals surface area contributed by atoms with E-state index in [0.717, 1.165) is 37.7 Å². The van der Waals surface area contributed by atoms with Crippen molar-refractivity contribution >= 4 is 27.2 Å². The first kappa shape index (κ1) is 14.0. The molecule has 6 heteroatoms. The average molecular weight is 310 g/mol. The molecule has 2 aliphatic carbocycles. The summed E-state index contributed by atoms with van der Waals surface area (Å²) in [6, 6.07) is 4.97. The number of hydrogen-bond donors (Lipinski definition) is 2. The Balaban J connectivity index is 1.86. The Kier molecular flexibility index (Phi) is 3.56. The van der Waals surface area contributed by atoms with Crippen molar-refractivity contribution in [2.45, 2.75) is 43.0 Å². The van der Waals surface area contributed by atoms with Gasteiger partial charge in [0.2, 0.25) is 10.0 Å². The third kappa shape index (κ3) is 2.73. The number of sulfonamides is 1. The summed E-state index contributed by atoms with van der Waals surface area (Å²) in [7, 11) is -3.55. The van der Waals surface area contributed by atoms with E-state index in [1.165, 1.54) is 5.56 Å². The predicted molar refractivity (Wildman–Crippen MR) is 82.1 cm³/mol. The molecule has 0 saturated heterocycles. The van der Waals surface area contributed by atoms with Gasteiger partial charge in [0, 0.05) is 0 Å². The molecule has 3 N–H and O–H groups in total. The highest BCUT2D eigenvalue weighted by molar-refractivity contribution is 7.89. The van der Waals surface area contributed by atoms with Crippen LogP contribution in [0.5, 0.6) is 0 Å². The second-order valence-electron chi connectivity index (χ2n) is 5.62. The molecular formula is C14H18N2O2S2. The quantitative estimate of drug-likeness (QED) is 0.809. The van der Waals surface area contributed by atoms with Crippen LogP contribution in [0.3, 0.4) is 0 Å². The largest absolute Gasteiger partial charge is 0.392 e. The molecule has 0 radical (unpaired) electrons. The van der Waals surface area contributed by atoms with E-state index in [1.807, 2.05) is 6.07 Å². The number of rotatable bonds is 5. The molecule has 1 fully saturated rings. The monoisotopic (exact) mass is 310 g/mol. The van der Waals surface area contributed by atoms with Gasteiger partial charge < -0.3 is 5.73 Å². The lowest BCUT2D eigenvalue weighted by atomic mass is 10.1. The van der Waals surface area contributed by atoms with Crippen LogP contribution in [0.1, 0.15) is 30.4 Å². The molecule has 0 aliphatic heterocycles. The van der Waals surface area contributed by atoms with Gasteiger partial charge in [0.05, 0.1) is 15.9 Å². The molecule has 0 heterocycles. The van der Waals surface area contributed by atoms with E-state index in [1.54, 1.807) is 12.1 Å². The SMILES string of the molecule is NC(=S)C(NS(=O)(=O)c1ccc2c(c1)CCC2)C1CC1. The lowest BCUT2D eigenvalue weighted by Crippen LogP contribution is -2.44. The van der Waals surface area contributed by atoms with Gasteiger partial charge in [0.25, 0.3) is 0 Å². The van der Waals surface area contributed by atoms with E-state index < -0.39 is 16.1 Å². The van der Waals surface area contributed by atoms with E-state index in [2.05, 4.69) is 4.72 Å². The summed E-state index contributed by atoms with van der Waals surface area (Å²) >= 11 is 4.98. The van der Waals surface area contributed by atoms with Crippen molar-refractivity contribution in [2.75, 3.05) is 0 Å². The molecular weight excluding hydrogens is 292 g/mol. The Morgan fingerprint density at radius 3 is 2.65 bits per heavy atom. The van der Waals surface area contributed by atoms with Crippen LogP contribution in [-0.2, 0) is 22.9 Å². The molecule has 1 saturated carbocycles. The minimum atomic E-state index is -3.55.